The molecule has 0 aromatic heterocycles. The Morgan fingerprint density at radius 3 is 2.06 bits per heavy atom. The molecule has 0 aromatic rings. The molecular formula is C9H19NNa2O4. The number of hydrogen-bond acceptors (Lipinski definition) is 3. The Hall–Kier alpha value is 0.900. The number of unbranched alkanes of at least 4 members (excludes halogenated alkanes) is 1. The second-order valence-corrected chi connectivity index (χ2v) is 3.08. The maximum Gasteiger partial charge on any atom is 1.00 e. The molecule has 0 radical (unpaired) electrons. The topological polar surface area (TPSA) is 86.6 Å². The Balaban J connectivity index is -0.000000141. The summed E-state index contributed by atoms with van der Waals surface area (Å²) in [6.45, 7) is 3.67. The normalized spacial score (nSPS) is 9.12. The third-order valence-corrected chi connectivity index (χ3v) is 1.94. The third kappa shape index (κ3) is 11.4. The van der Waals surface area contributed by atoms with Gasteiger partial charge in [0.05, 0.1) is 0 Å². The van der Waals surface area contributed by atoms with E-state index in [1.54, 1.807) is 0 Å². The van der Waals surface area contributed by atoms with Crippen LogP contribution in [0.3, 0.4) is 0 Å². The predicted molar refractivity (Wildman–Crippen MR) is 53.4 cm³/mol. The Kier molecular flexibility index (Phi) is 19.3. The summed E-state index contributed by atoms with van der Waals surface area (Å²) in [6, 6.07) is 0. The first-order chi connectivity index (χ1) is 6.59. The zero-order valence-electron chi connectivity index (χ0n) is 12.3. The maximum atomic E-state index is 10.5. The van der Waals surface area contributed by atoms with Crippen molar-refractivity contribution in [2.24, 2.45) is 5.92 Å². The van der Waals surface area contributed by atoms with E-state index in [-0.39, 0.29) is 68.4 Å². The minimum absolute atomic E-state index is 0. The Morgan fingerprint density at radius 2 is 1.69 bits per heavy atom. The van der Waals surface area contributed by atoms with E-state index >= 15 is 0 Å². The standard InChI is InChI=1S/C9H17NO4.2Na.2H/c1-2-10-6-4-3-5-7(8(11)12)9(13)14;;;;/h7,10H,2-6H2,1H3,(H,11,12)(H,13,14);;;;/q;2*+1;2*-1. The molecule has 0 aromatic carbocycles. The van der Waals surface area contributed by atoms with Crippen LogP contribution in [0, 0.1) is 5.92 Å². The summed E-state index contributed by atoms with van der Waals surface area (Å²) in [5.41, 5.74) is 0. The Labute approximate surface area is 143 Å². The molecule has 0 saturated heterocycles. The first-order valence-corrected chi connectivity index (χ1v) is 4.76. The van der Waals surface area contributed by atoms with E-state index < -0.39 is 17.9 Å². The molecule has 0 bridgehead atoms. The van der Waals surface area contributed by atoms with Crippen LogP contribution in [-0.2, 0) is 9.59 Å². The molecule has 0 aliphatic heterocycles. The van der Waals surface area contributed by atoms with Gasteiger partial charge in [-0.2, -0.15) is 0 Å². The van der Waals surface area contributed by atoms with Crippen molar-refractivity contribution in [2.45, 2.75) is 26.2 Å². The molecule has 3 N–H and O–H groups in total. The van der Waals surface area contributed by atoms with Gasteiger partial charge in [-0.3, -0.25) is 9.59 Å². The fourth-order valence-corrected chi connectivity index (χ4v) is 1.13. The fraction of sp³-hybridized carbons (Fsp3) is 0.778. The molecule has 0 atom stereocenters. The van der Waals surface area contributed by atoms with Crippen LogP contribution in [0.2, 0.25) is 0 Å². The molecule has 0 rings (SSSR count). The van der Waals surface area contributed by atoms with Crippen LogP contribution >= 0.6 is 0 Å². The monoisotopic (exact) mass is 251 g/mol. The molecule has 0 aliphatic carbocycles. The SMILES string of the molecule is CCNCCCCC(C(=O)O)C(=O)O.[H-].[H-].[Na+].[Na+]. The Morgan fingerprint density at radius 1 is 1.19 bits per heavy atom. The summed E-state index contributed by atoms with van der Waals surface area (Å²) in [5, 5.41) is 20.2. The molecule has 0 aliphatic rings. The third-order valence-electron chi connectivity index (χ3n) is 1.94. The number of nitrogens with one attached hydrogen (secondary N) is 1. The largest absolute Gasteiger partial charge is 1.00 e. The molecule has 0 heterocycles. The van der Waals surface area contributed by atoms with Gasteiger partial charge < -0.3 is 18.4 Å². The van der Waals surface area contributed by atoms with Crippen molar-refractivity contribution in [3.05, 3.63) is 0 Å². The van der Waals surface area contributed by atoms with Gasteiger partial charge in [0.2, 0.25) is 0 Å². The number of rotatable bonds is 8. The quantitative estimate of drug-likeness (QED) is 0.228. The van der Waals surface area contributed by atoms with Crippen molar-refractivity contribution in [2.75, 3.05) is 13.1 Å². The van der Waals surface area contributed by atoms with Gasteiger partial charge in [0.25, 0.3) is 0 Å². The van der Waals surface area contributed by atoms with Crippen LogP contribution in [0.15, 0.2) is 0 Å². The van der Waals surface area contributed by atoms with E-state index in [4.69, 9.17) is 10.2 Å². The summed E-state index contributed by atoms with van der Waals surface area (Å²) < 4.78 is 0. The molecule has 16 heavy (non-hydrogen) atoms. The van der Waals surface area contributed by atoms with Gasteiger partial charge in [-0.15, -0.1) is 0 Å². The van der Waals surface area contributed by atoms with E-state index in [0.717, 1.165) is 19.5 Å². The zero-order valence-corrected chi connectivity index (χ0v) is 14.3. The van der Waals surface area contributed by atoms with Crippen LogP contribution in [0.5, 0.6) is 0 Å². The molecule has 86 valence electrons. The molecule has 5 nitrogen and oxygen atoms in total. The van der Waals surface area contributed by atoms with Crippen molar-refractivity contribution in [3.63, 3.8) is 0 Å². The van der Waals surface area contributed by atoms with E-state index in [1.807, 2.05) is 6.92 Å². The van der Waals surface area contributed by atoms with Crippen LogP contribution in [0.25, 0.3) is 0 Å². The van der Waals surface area contributed by atoms with Gasteiger partial charge in [-0.1, -0.05) is 13.3 Å². The molecular weight excluding hydrogens is 232 g/mol. The zero-order chi connectivity index (χ0) is 11.0. The number of carbonyl (C=O) groups is 2. The summed E-state index contributed by atoms with van der Waals surface area (Å²) in [7, 11) is 0. The number of carboxylic acid groups (broad SMARTS) is 2. The first kappa shape index (κ1) is 22.1. The second-order valence-electron chi connectivity index (χ2n) is 3.08. The number of carboxylic acids is 2. The molecule has 7 heteroatoms. The smallest absolute Gasteiger partial charge is 1.00 e. The summed E-state index contributed by atoms with van der Waals surface area (Å²) >= 11 is 0. The van der Waals surface area contributed by atoms with Crippen molar-refractivity contribution in [1.82, 2.24) is 5.32 Å². The summed E-state index contributed by atoms with van der Waals surface area (Å²) in [4.78, 5) is 20.9. The second kappa shape index (κ2) is 14.0. The Bertz CT molecular complexity index is 197. The molecule has 0 spiro atoms. The molecule has 0 amide bonds. The van der Waals surface area contributed by atoms with Crippen molar-refractivity contribution in [1.29, 1.82) is 0 Å². The van der Waals surface area contributed by atoms with E-state index in [0.29, 0.717) is 6.42 Å². The van der Waals surface area contributed by atoms with Crippen molar-refractivity contribution >= 4 is 11.9 Å². The number of aliphatic carboxylic acids is 2. The fourth-order valence-electron chi connectivity index (χ4n) is 1.13. The number of hydrogen-bond donors (Lipinski definition) is 3. The van der Waals surface area contributed by atoms with Crippen LogP contribution in [0.4, 0.5) is 0 Å². The predicted octanol–water partition coefficient (Wildman–Crippen LogP) is -5.22. The van der Waals surface area contributed by atoms with Gasteiger partial charge >= 0.3 is 71.1 Å². The maximum absolute atomic E-state index is 10.5. The van der Waals surface area contributed by atoms with Gasteiger partial charge in [-0.25, -0.2) is 0 Å². The van der Waals surface area contributed by atoms with Crippen molar-refractivity contribution < 1.29 is 81.8 Å². The minimum Gasteiger partial charge on any atom is -1.00 e. The summed E-state index contributed by atoms with van der Waals surface area (Å²) in [6.07, 6.45) is 1.64. The van der Waals surface area contributed by atoms with E-state index in [1.165, 1.54) is 0 Å². The van der Waals surface area contributed by atoms with Crippen LogP contribution in [-0.4, -0.2) is 35.2 Å². The van der Waals surface area contributed by atoms with Gasteiger partial charge in [0.15, 0.2) is 5.92 Å². The molecule has 0 fully saturated rings. The van der Waals surface area contributed by atoms with E-state index in [2.05, 4.69) is 5.32 Å². The molecule has 0 saturated carbocycles. The first-order valence-electron chi connectivity index (χ1n) is 4.76. The average molecular weight is 251 g/mol. The van der Waals surface area contributed by atoms with Gasteiger partial charge in [0, 0.05) is 0 Å². The van der Waals surface area contributed by atoms with E-state index in [9.17, 15) is 9.59 Å². The van der Waals surface area contributed by atoms with Gasteiger partial charge in [0.1, 0.15) is 0 Å². The summed E-state index contributed by atoms with van der Waals surface area (Å²) in [5.74, 6) is -3.75. The van der Waals surface area contributed by atoms with Crippen LogP contribution in [0.1, 0.15) is 29.0 Å². The van der Waals surface area contributed by atoms with Crippen molar-refractivity contribution in [3.8, 4) is 0 Å². The van der Waals surface area contributed by atoms with Gasteiger partial charge in [-0.05, 0) is 25.9 Å². The average Bonchev–Trinajstić information content (AvgIpc) is 2.09. The minimum atomic E-state index is -1.25. The van der Waals surface area contributed by atoms with Crippen LogP contribution < -0.4 is 64.4 Å². The molecule has 0 unspecified atom stereocenters.